The molecule has 2 heterocycles. The number of aromatic amines is 1. The zero-order valence-corrected chi connectivity index (χ0v) is 12.8. The van der Waals surface area contributed by atoms with E-state index in [0.29, 0.717) is 17.3 Å². The number of carbonyl (C=O) groups is 1. The lowest BCUT2D eigenvalue weighted by Crippen LogP contribution is -2.21. The van der Waals surface area contributed by atoms with Gasteiger partial charge in [0.25, 0.3) is 5.56 Å². The number of nitriles is 1. The van der Waals surface area contributed by atoms with E-state index in [1.807, 2.05) is 23.6 Å². The Kier molecular flexibility index (Phi) is 5.14. The largest absolute Gasteiger partial charge is 0.358 e. The lowest BCUT2D eigenvalue weighted by atomic mass is 10.2. The first-order valence-electron chi connectivity index (χ1n) is 6.03. The maximum absolute atomic E-state index is 11.9. The number of nitrogens with one attached hydrogen (secondary N) is 2. The highest BCUT2D eigenvalue weighted by molar-refractivity contribution is 7.99. The SMILES string of the molecule is CNC(=O)CSc1nc(Cc2cccs2)c(C#N)c(=O)[nH]1. The van der Waals surface area contributed by atoms with E-state index in [-0.39, 0.29) is 17.2 Å². The van der Waals surface area contributed by atoms with Crippen molar-refractivity contribution < 1.29 is 4.79 Å². The second kappa shape index (κ2) is 7.06. The van der Waals surface area contributed by atoms with E-state index < -0.39 is 5.56 Å². The topological polar surface area (TPSA) is 98.6 Å². The highest BCUT2D eigenvalue weighted by Crippen LogP contribution is 2.17. The fourth-order valence-corrected chi connectivity index (χ4v) is 3.05. The summed E-state index contributed by atoms with van der Waals surface area (Å²) in [5, 5.41) is 13.9. The molecule has 21 heavy (non-hydrogen) atoms. The van der Waals surface area contributed by atoms with Gasteiger partial charge in [0.1, 0.15) is 11.6 Å². The van der Waals surface area contributed by atoms with Crippen molar-refractivity contribution in [2.75, 3.05) is 12.8 Å². The van der Waals surface area contributed by atoms with Gasteiger partial charge >= 0.3 is 0 Å². The zero-order valence-electron chi connectivity index (χ0n) is 11.2. The third-order valence-electron chi connectivity index (χ3n) is 2.63. The van der Waals surface area contributed by atoms with Crippen molar-refractivity contribution in [1.82, 2.24) is 15.3 Å². The summed E-state index contributed by atoms with van der Waals surface area (Å²) in [5.41, 5.74) is -0.0192. The van der Waals surface area contributed by atoms with E-state index in [0.717, 1.165) is 16.6 Å². The van der Waals surface area contributed by atoms with Crippen molar-refractivity contribution in [3.8, 4) is 6.07 Å². The van der Waals surface area contributed by atoms with Crippen molar-refractivity contribution in [3.05, 3.63) is 44.0 Å². The summed E-state index contributed by atoms with van der Waals surface area (Å²) in [6.07, 6.45) is 0.429. The molecule has 0 radical (unpaired) electrons. The standard InChI is InChI=1S/C13H12N4O2S2/c1-15-11(18)7-21-13-16-10(5-8-3-2-4-20-8)9(6-14)12(19)17-13/h2-4H,5,7H2,1H3,(H,15,18)(H,16,17,19). The molecule has 2 aromatic heterocycles. The van der Waals surface area contributed by atoms with Crippen molar-refractivity contribution in [2.45, 2.75) is 11.6 Å². The van der Waals surface area contributed by atoms with Crippen LogP contribution in [0, 0.1) is 11.3 Å². The number of aromatic nitrogens is 2. The molecule has 0 saturated carbocycles. The van der Waals surface area contributed by atoms with Gasteiger partial charge < -0.3 is 10.3 Å². The Morgan fingerprint density at radius 2 is 2.43 bits per heavy atom. The Morgan fingerprint density at radius 1 is 1.62 bits per heavy atom. The molecule has 0 unspecified atom stereocenters. The van der Waals surface area contributed by atoms with E-state index in [1.54, 1.807) is 7.05 Å². The molecule has 0 aliphatic heterocycles. The van der Waals surface area contributed by atoms with Crippen LogP contribution < -0.4 is 10.9 Å². The number of thioether (sulfide) groups is 1. The van der Waals surface area contributed by atoms with Gasteiger partial charge in [-0.3, -0.25) is 9.59 Å². The molecule has 108 valence electrons. The number of thiophene rings is 1. The quantitative estimate of drug-likeness (QED) is 0.635. The molecular weight excluding hydrogens is 308 g/mol. The van der Waals surface area contributed by atoms with Crippen LogP contribution in [0.15, 0.2) is 27.5 Å². The first kappa shape index (κ1) is 15.3. The van der Waals surface area contributed by atoms with Gasteiger partial charge in [-0.15, -0.1) is 11.3 Å². The Bertz CT molecular complexity index is 732. The Morgan fingerprint density at radius 3 is 3.05 bits per heavy atom. The van der Waals surface area contributed by atoms with Gasteiger partial charge in [0, 0.05) is 18.3 Å². The maximum Gasteiger partial charge on any atom is 0.269 e. The molecule has 0 bridgehead atoms. The molecule has 0 saturated heterocycles. The molecule has 0 fully saturated rings. The molecule has 2 aromatic rings. The van der Waals surface area contributed by atoms with Crippen LogP contribution in [0.3, 0.4) is 0 Å². The zero-order chi connectivity index (χ0) is 15.2. The third kappa shape index (κ3) is 3.93. The fourth-order valence-electron chi connectivity index (χ4n) is 1.59. The predicted octanol–water partition coefficient (Wildman–Crippen LogP) is 1.13. The number of amides is 1. The first-order chi connectivity index (χ1) is 10.1. The number of hydrogen-bond donors (Lipinski definition) is 2. The summed E-state index contributed by atoms with van der Waals surface area (Å²) in [6.45, 7) is 0. The molecule has 6 nitrogen and oxygen atoms in total. The predicted molar refractivity (Wildman–Crippen MR) is 81.5 cm³/mol. The van der Waals surface area contributed by atoms with E-state index in [4.69, 9.17) is 5.26 Å². The van der Waals surface area contributed by atoms with Gasteiger partial charge in [-0.25, -0.2) is 4.98 Å². The van der Waals surface area contributed by atoms with Crippen LogP contribution >= 0.6 is 23.1 Å². The van der Waals surface area contributed by atoms with Crippen LogP contribution in [0.2, 0.25) is 0 Å². The Hall–Kier alpha value is -2.11. The lowest BCUT2D eigenvalue weighted by Gasteiger charge is -2.05. The minimum atomic E-state index is -0.474. The number of nitrogens with zero attached hydrogens (tertiary/aromatic N) is 2. The van der Waals surface area contributed by atoms with E-state index in [2.05, 4.69) is 15.3 Å². The van der Waals surface area contributed by atoms with Gasteiger partial charge in [-0.05, 0) is 11.4 Å². The average Bonchev–Trinajstić information content (AvgIpc) is 2.97. The van der Waals surface area contributed by atoms with Crippen molar-refractivity contribution in [1.29, 1.82) is 5.26 Å². The molecule has 8 heteroatoms. The van der Waals surface area contributed by atoms with E-state index in [1.165, 1.54) is 11.3 Å². The number of carbonyl (C=O) groups excluding carboxylic acids is 1. The summed E-state index contributed by atoms with van der Waals surface area (Å²) in [4.78, 5) is 31.0. The Labute approximate surface area is 129 Å². The molecule has 2 rings (SSSR count). The molecule has 0 aliphatic carbocycles. The van der Waals surface area contributed by atoms with E-state index in [9.17, 15) is 9.59 Å². The van der Waals surface area contributed by atoms with Gasteiger partial charge in [0.05, 0.1) is 11.4 Å². The third-order valence-corrected chi connectivity index (χ3v) is 4.37. The van der Waals surface area contributed by atoms with Gasteiger partial charge in [0.15, 0.2) is 5.16 Å². The summed E-state index contributed by atoms with van der Waals surface area (Å²) < 4.78 is 0. The highest BCUT2D eigenvalue weighted by Gasteiger charge is 2.13. The van der Waals surface area contributed by atoms with Crippen molar-refractivity contribution >= 4 is 29.0 Å². The first-order valence-corrected chi connectivity index (χ1v) is 7.89. The molecule has 1 amide bonds. The molecule has 0 aliphatic rings. The smallest absolute Gasteiger partial charge is 0.269 e. The van der Waals surface area contributed by atoms with Crippen LogP contribution in [-0.2, 0) is 11.2 Å². The number of hydrogen-bond acceptors (Lipinski definition) is 6. The van der Waals surface area contributed by atoms with E-state index >= 15 is 0 Å². The molecule has 0 atom stereocenters. The summed E-state index contributed by atoms with van der Waals surface area (Å²) in [5.74, 6) is -0.00383. The summed E-state index contributed by atoms with van der Waals surface area (Å²) in [7, 11) is 1.54. The van der Waals surface area contributed by atoms with Gasteiger partial charge in [0.2, 0.25) is 5.91 Å². The van der Waals surface area contributed by atoms with Crippen LogP contribution in [0.25, 0.3) is 0 Å². The van der Waals surface area contributed by atoms with Gasteiger partial charge in [-0.1, -0.05) is 17.8 Å². The summed E-state index contributed by atoms with van der Waals surface area (Å²) >= 11 is 2.67. The fraction of sp³-hybridized carbons (Fsp3) is 0.231. The molecular formula is C13H12N4O2S2. The van der Waals surface area contributed by atoms with Crippen LogP contribution in [0.5, 0.6) is 0 Å². The second-order valence-electron chi connectivity index (χ2n) is 4.02. The minimum absolute atomic E-state index is 0.0210. The monoisotopic (exact) mass is 320 g/mol. The normalized spacial score (nSPS) is 10.1. The van der Waals surface area contributed by atoms with Crippen molar-refractivity contribution in [3.63, 3.8) is 0 Å². The average molecular weight is 320 g/mol. The maximum atomic E-state index is 11.9. The molecule has 0 aromatic carbocycles. The van der Waals surface area contributed by atoms with Crippen LogP contribution in [0.1, 0.15) is 16.1 Å². The van der Waals surface area contributed by atoms with Crippen LogP contribution in [0.4, 0.5) is 0 Å². The Balaban J connectivity index is 2.29. The second-order valence-corrected chi connectivity index (χ2v) is 6.02. The number of rotatable bonds is 5. The highest BCUT2D eigenvalue weighted by atomic mass is 32.2. The van der Waals surface area contributed by atoms with Gasteiger partial charge in [-0.2, -0.15) is 5.26 Å². The number of H-pyrrole nitrogens is 1. The minimum Gasteiger partial charge on any atom is -0.358 e. The molecule has 0 spiro atoms. The lowest BCUT2D eigenvalue weighted by molar-refractivity contribution is -0.118. The molecule has 2 N–H and O–H groups in total. The summed E-state index contributed by atoms with van der Waals surface area (Å²) in [6, 6.07) is 5.72. The van der Waals surface area contributed by atoms with Crippen molar-refractivity contribution in [2.24, 2.45) is 0 Å². The van der Waals surface area contributed by atoms with Crippen LogP contribution in [-0.4, -0.2) is 28.7 Å².